The van der Waals surface area contributed by atoms with Crippen LogP contribution in [0.25, 0.3) is 0 Å². The molecule has 0 bridgehead atoms. The zero-order chi connectivity index (χ0) is 59.9. The minimum atomic E-state index is -0.847. The van der Waals surface area contributed by atoms with Gasteiger partial charge in [0.1, 0.15) is 13.2 Å². The monoisotopic (exact) mass is 1140 g/mol. The van der Waals surface area contributed by atoms with Crippen molar-refractivity contribution in [1.82, 2.24) is 0 Å². The van der Waals surface area contributed by atoms with E-state index in [4.69, 9.17) is 14.2 Å². The van der Waals surface area contributed by atoms with Crippen LogP contribution in [-0.4, -0.2) is 37.2 Å². The predicted molar refractivity (Wildman–Crippen MR) is 361 cm³/mol. The molecule has 0 aromatic rings. The molecule has 6 heteroatoms. The minimum absolute atomic E-state index is 0.110. The number of rotatable bonds is 56. The molecule has 0 aliphatic rings. The molecule has 460 valence electrons. The lowest BCUT2D eigenvalue weighted by Gasteiger charge is -2.18. The van der Waals surface area contributed by atoms with Gasteiger partial charge in [0.2, 0.25) is 0 Å². The number of hydrogen-bond donors (Lipinski definition) is 0. The third kappa shape index (κ3) is 66.7. The number of carbonyl (C=O) groups is 3. The highest BCUT2D eigenvalue weighted by Crippen LogP contribution is 2.13. The number of ether oxygens (including phenoxy) is 3. The molecule has 0 saturated carbocycles. The summed E-state index contributed by atoms with van der Waals surface area (Å²) in [6.45, 7) is 6.17. The van der Waals surface area contributed by atoms with Crippen LogP contribution < -0.4 is 0 Å². The van der Waals surface area contributed by atoms with Crippen LogP contribution >= 0.6 is 0 Å². The second kappa shape index (κ2) is 68.5. The fourth-order valence-electron chi connectivity index (χ4n) is 8.05. The Morgan fingerprint density at radius 2 is 0.482 bits per heavy atom. The average molecular weight is 1140 g/mol. The predicted octanol–water partition coefficient (Wildman–Crippen LogP) is 22.8. The van der Waals surface area contributed by atoms with E-state index in [9.17, 15) is 14.4 Å². The summed E-state index contributed by atoms with van der Waals surface area (Å²) in [6, 6.07) is 0. The molecular weight excluding hydrogens is 1020 g/mol. The van der Waals surface area contributed by atoms with Gasteiger partial charge in [-0.3, -0.25) is 14.4 Å². The van der Waals surface area contributed by atoms with Crippen LogP contribution in [0.3, 0.4) is 0 Å². The van der Waals surface area contributed by atoms with Gasteiger partial charge in [0.15, 0.2) is 6.10 Å². The maximum absolute atomic E-state index is 12.9. The van der Waals surface area contributed by atoms with Gasteiger partial charge in [0.05, 0.1) is 6.42 Å². The molecule has 0 aliphatic heterocycles. The van der Waals surface area contributed by atoms with E-state index in [1.165, 1.54) is 25.7 Å². The SMILES string of the molecule is CC/C=C\C/C=C\C/C=C\C/C=C\C/C=C\C/C=C\C/C=C\C/C=C\CCCCCCCCC(=O)OCC(COC(=O)C/C=C\C/C=C\C/C=C\C/C=C\C/C=C\CC)OC(=O)CCCCCCCC/C=C\C/C=C\C/C=C\C/C=C\CC. The Balaban J connectivity index is 4.49. The van der Waals surface area contributed by atoms with Crippen molar-refractivity contribution in [3.05, 3.63) is 207 Å². The standard InChI is InChI=1S/C77H116O6/c1-4-7-10-13-16-19-22-25-28-30-32-33-34-35-36-37-38-39-40-41-42-43-45-46-49-52-55-58-61-64-67-70-76(79)82-73-74(72-81-75(78)69-66-63-60-57-54-51-48-27-24-21-18-15-12-9-6-3)83-77(80)71-68-65-62-59-56-53-50-47-44-31-29-26-23-20-17-14-11-8-5-2/h7-12,16-21,25-29,32-33,35-36,38-39,41-42,44-48,54,57,63,66,74H,4-6,13-15,22-24,30-31,34,37,40,43,49-53,55-56,58-62,64-65,67-73H2,1-3H3/b10-7-,11-8-,12-9-,19-16-,20-17-,21-18-,28-25-,29-26-,33-32-,36-35-,39-38-,42-41-,46-45-,47-44-,48-27-,57-54-,66-63-. The van der Waals surface area contributed by atoms with E-state index in [0.29, 0.717) is 6.42 Å². The largest absolute Gasteiger partial charge is 0.462 e. The average Bonchev–Trinajstić information content (AvgIpc) is 3.49. The minimum Gasteiger partial charge on any atom is -0.462 e. The fourth-order valence-corrected chi connectivity index (χ4v) is 8.05. The number of esters is 3. The topological polar surface area (TPSA) is 78.9 Å². The lowest BCUT2D eigenvalue weighted by Crippen LogP contribution is -2.30. The van der Waals surface area contributed by atoms with Gasteiger partial charge in [-0.2, -0.15) is 0 Å². The smallest absolute Gasteiger partial charge is 0.309 e. The van der Waals surface area contributed by atoms with Crippen LogP contribution in [-0.2, 0) is 28.6 Å². The molecule has 0 saturated heterocycles. The van der Waals surface area contributed by atoms with E-state index in [1.807, 2.05) is 6.08 Å². The summed E-state index contributed by atoms with van der Waals surface area (Å²) in [7, 11) is 0. The summed E-state index contributed by atoms with van der Waals surface area (Å²) in [5.41, 5.74) is 0. The van der Waals surface area contributed by atoms with E-state index in [0.717, 1.165) is 173 Å². The summed E-state index contributed by atoms with van der Waals surface area (Å²) in [5.74, 6) is -1.11. The van der Waals surface area contributed by atoms with Crippen molar-refractivity contribution in [2.75, 3.05) is 13.2 Å². The first-order valence-electron chi connectivity index (χ1n) is 32.6. The molecule has 0 spiro atoms. The van der Waals surface area contributed by atoms with E-state index in [1.54, 1.807) is 6.08 Å². The third-order valence-electron chi connectivity index (χ3n) is 12.8. The molecule has 0 rings (SSSR count). The maximum Gasteiger partial charge on any atom is 0.309 e. The van der Waals surface area contributed by atoms with Crippen LogP contribution in [0, 0.1) is 0 Å². The molecule has 0 N–H and O–H groups in total. The Morgan fingerprint density at radius 3 is 0.783 bits per heavy atom. The Labute approximate surface area is 509 Å². The first kappa shape index (κ1) is 77.0. The fraction of sp³-hybridized carbons (Fsp3) is 0.519. The molecule has 1 atom stereocenters. The van der Waals surface area contributed by atoms with Crippen molar-refractivity contribution in [2.24, 2.45) is 0 Å². The molecule has 0 radical (unpaired) electrons. The molecule has 83 heavy (non-hydrogen) atoms. The third-order valence-corrected chi connectivity index (χ3v) is 12.8. The highest BCUT2D eigenvalue weighted by molar-refractivity contribution is 5.72. The zero-order valence-corrected chi connectivity index (χ0v) is 52.6. The second-order valence-electron chi connectivity index (χ2n) is 20.5. The van der Waals surface area contributed by atoms with Gasteiger partial charge in [0.25, 0.3) is 0 Å². The summed E-state index contributed by atoms with van der Waals surface area (Å²) < 4.78 is 16.8. The molecule has 0 aliphatic carbocycles. The molecule has 1 unspecified atom stereocenters. The van der Waals surface area contributed by atoms with Crippen LogP contribution in [0.4, 0.5) is 0 Å². The molecule has 0 amide bonds. The Morgan fingerprint density at radius 1 is 0.253 bits per heavy atom. The Bertz CT molecular complexity index is 2030. The van der Waals surface area contributed by atoms with Gasteiger partial charge in [0, 0.05) is 12.8 Å². The molecule has 0 aromatic heterocycles. The van der Waals surface area contributed by atoms with Gasteiger partial charge >= 0.3 is 17.9 Å². The molecule has 0 aromatic carbocycles. The molecule has 6 nitrogen and oxygen atoms in total. The lowest BCUT2D eigenvalue weighted by atomic mass is 10.1. The highest BCUT2D eigenvalue weighted by atomic mass is 16.6. The lowest BCUT2D eigenvalue weighted by molar-refractivity contribution is -0.166. The van der Waals surface area contributed by atoms with Crippen LogP contribution in [0.2, 0.25) is 0 Å². The Kier molecular flexibility index (Phi) is 63.5. The van der Waals surface area contributed by atoms with Gasteiger partial charge < -0.3 is 14.2 Å². The molecule has 0 fully saturated rings. The van der Waals surface area contributed by atoms with Gasteiger partial charge in [-0.05, 0) is 148 Å². The normalized spacial score (nSPS) is 13.5. The first-order valence-corrected chi connectivity index (χ1v) is 32.6. The van der Waals surface area contributed by atoms with Gasteiger partial charge in [-0.25, -0.2) is 0 Å². The quantitative estimate of drug-likeness (QED) is 0.0261. The van der Waals surface area contributed by atoms with Crippen LogP contribution in [0.15, 0.2) is 207 Å². The van der Waals surface area contributed by atoms with Crippen molar-refractivity contribution in [1.29, 1.82) is 0 Å². The molecule has 0 heterocycles. The van der Waals surface area contributed by atoms with Crippen LogP contribution in [0.1, 0.15) is 239 Å². The van der Waals surface area contributed by atoms with Crippen molar-refractivity contribution in [3.63, 3.8) is 0 Å². The zero-order valence-electron chi connectivity index (χ0n) is 52.6. The van der Waals surface area contributed by atoms with Crippen molar-refractivity contribution < 1.29 is 28.6 Å². The van der Waals surface area contributed by atoms with Crippen molar-refractivity contribution in [2.45, 2.75) is 245 Å². The van der Waals surface area contributed by atoms with E-state index in [2.05, 4.69) is 215 Å². The first-order chi connectivity index (χ1) is 41.0. The maximum atomic E-state index is 12.9. The van der Waals surface area contributed by atoms with E-state index >= 15 is 0 Å². The van der Waals surface area contributed by atoms with Crippen molar-refractivity contribution in [3.8, 4) is 0 Å². The van der Waals surface area contributed by atoms with Crippen LogP contribution in [0.5, 0.6) is 0 Å². The summed E-state index contributed by atoms with van der Waals surface area (Å²) in [4.78, 5) is 38.3. The second-order valence-corrected chi connectivity index (χ2v) is 20.5. The summed E-state index contributed by atoms with van der Waals surface area (Å²) >= 11 is 0. The number of carbonyl (C=O) groups excluding carboxylic acids is 3. The van der Waals surface area contributed by atoms with E-state index in [-0.39, 0.29) is 38.0 Å². The van der Waals surface area contributed by atoms with E-state index < -0.39 is 12.1 Å². The molecular formula is C77H116O6. The van der Waals surface area contributed by atoms with Gasteiger partial charge in [-0.1, -0.05) is 279 Å². The summed E-state index contributed by atoms with van der Waals surface area (Å²) in [5, 5.41) is 0. The summed E-state index contributed by atoms with van der Waals surface area (Å²) in [6.07, 6.45) is 106. The number of unbranched alkanes of at least 4 members (excludes halogenated alkanes) is 12. The van der Waals surface area contributed by atoms with Crippen molar-refractivity contribution >= 4 is 17.9 Å². The highest BCUT2D eigenvalue weighted by Gasteiger charge is 2.19. The number of allylic oxidation sites excluding steroid dienone is 33. The Hall–Kier alpha value is -6.01. The number of hydrogen-bond acceptors (Lipinski definition) is 6. The van der Waals surface area contributed by atoms with Gasteiger partial charge in [-0.15, -0.1) is 0 Å².